The number of piperidine rings is 1. The van der Waals surface area contributed by atoms with Gasteiger partial charge in [-0.05, 0) is 24.3 Å². The van der Waals surface area contributed by atoms with Crippen molar-refractivity contribution in [2.45, 2.75) is 6.04 Å². The molecular formula is C22H24F2N4O2. The maximum absolute atomic E-state index is 14.0. The second kappa shape index (κ2) is 7.75. The molecule has 2 heterocycles. The van der Waals surface area contributed by atoms with Gasteiger partial charge >= 0.3 is 6.03 Å². The van der Waals surface area contributed by atoms with Crippen molar-refractivity contribution in [3.63, 3.8) is 0 Å². The number of carbonyl (C=O) groups excluding carboxylic acids is 1. The van der Waals surface area contributed by atoms with Crippen LogP contribution in [0.1, 0.15) is 0 Å². The molecule has 2 aromatic carbocycles. The Balaban J connectivity index is 1.17. The summed E-state index contributed by atoms with van der Waals surface area (Å²) in [7, 11) is 0. The first-order chi connectivity index (χ1) is 14.6. The lowest BCUT2D eigenvalue weighted by Gasteiger charge is -2.30. The van der Waals surface area contributed by atoms with E-state index < -0.39 is 11.6 Å². The Morgan fingerprint density at radius 3 is 2.43 bits per heavy atom. The van der Waals surface area contributed by atoms with E-state index >= 15 is 0 Å². The Kier molecular flexibility index (Phi) is 4.94. The van der Waals surface area contributed by atoms with Crippen LogP contribution in [0, 0.1) is 23.5 Å². The zero-order valence-corrected chi connectivity index (χ0v) is 16.5. The van der Waals surface area contributed by atoms with Gasteiger partial charge in [0.1, 0.15) is 11.6 Å². The Bertz CT molecular complexity index is 938. The number of fused-ring (bicyclic) bond motifs is 1. The lowest BCUT2D eigenvalue weighted by molar-refractivity contribution is 0.123. The van der Waals surface area contributed by atoms with Gasteiger partial charge in [-0.15, -0.1) is 0 Å². The number of anilines is 3. The van der Waals surface area contributed by atoms with Gasteiger partial charge in [0, 0.05) is 50.1 Å². The van der Waals surface area contributed by atoms with Crippen molar-refractivity contribution in [1.29, 1.82) is 0 Å². The van der Waals surface area contributed by atoms with Gasteiger partial charge in [0.25, 0.3) is 0 Å². The minimum absolute atomic E-state index is 0.0836. The summed E-state index contributed by atoms with van der Waals surface area (Å²) in [6, 6.07) is 11.3. The first-order valence-electron chi connectivity index (χ1n) is 10.3. The number of rotatable bonds is 4. The quantitative estimate of drug-likeness (QED) is 0.808. The predicted octanol–water partition coefficient (Wildman–Crippen LogP) is 3.06. The average molecular weight is 414 g/mol. The van der Waals surface area contributed by atoms with Gasteiger partial charge in [-0.2, -0.15) is 0 Å². The monoisotopic (exact) mass is 414 g/mol. The predicted molar refractivity (Wildman–Crippen MR) is 111 cm³/mol. The molecule has 0 bridgehead atoms. The van der Waals surface area contributed by atoms with Gasteiger partial charge in [-0.1, -0.05) is 12.1 Å². The number of nitrogens with one attached hydrogen (secondary N) is 2. The molecule has 1 saturated carbocycles. The Labute approximate surface area is 173 Å². The van der Waals surface area contributed by atoms with Crippen LogP contribution in [0.25, 0.3) is 0 Å². The van der Waals surface area contributed by atoms with Crippen LogP contribution in [0.4, 0.5) is 30.6 Å². The van der Waals surface area contributed by atoms with Gasteiger partial charge in [0.15, 0.2) is 0 Å². The zero-order valence-electron chi connectivity index (χ0n) is 16.5. The fourth-order valence-corrected chi connectivity index (χ4v) is 4.64. The molecule has 0 aromatic heterocycles. The molecule has 3 fully saturated rings. The SMILES string of the molecule is O=C(Nc1ccccc1N1CCOCC1)N[C@H]1[C@@H]2CN(c3ccc(F)cc3F)C[C@@H]21. The minimum Gasteiger partial charge on any atom is -0.378 e. The third-order valence-electron chi connectivity index (χ3n) is 6.25. The number of urea groups is 1. The molecule has 0 spiro atoms. The molecule has 0 radical (unpaired) electrons. The van der Waals surface area contributed by atoms with Crippen molar-refractivity contribution in [3.05, 3.63) is 54.1 Å². The summed E-state index contributed by atoms with van der Waals surface area (Å²) in [5.41, 5.74) is 2.19. The molecular weight excluding hydrogens is 390 g/mol. The molecule has 2 aromatic rings. The number of hydrogen-bond acceptors (Lipinski definition) is 4. The van der Waals surface area contributed by atoms with Crippen LogP contribution in [0.15, 0.2) is 42.5 Å². The molecule has 8 heteroatoms. The molecule has 3 atom stereocenters. The highest BCUT2D eigenvalue weighted by Crippen LogP contribution is 2.47. The number of ether oxygens (including phenoxy) is 1. The first-order valence-corrected chi connectivity index (χ1v) is 10.3. The second-order valence-corrected chi connectivity index (χ2v) is 8.07. The van der Waals surface area contributed by atoms with E-state index in [4.69, 9.17) is 4.74 Å². The maximum Gasteiger partial charge on any atom is 0.319 e. The van der Waals surface area contributed by atoms with E-state index in [-0.39, 0.29) is 23.9 Å². The molecule has 2 aliphatic heterocycles. The lowest BCUT2D eigenvalue weighted by atomic mass is 10.2. The molecule has 158 valence electrons. The molecule has 2 amide bonds. The standard InChI is InChI=1S/C22H24F2N4O2/c23-14-5-6-19(17(24)11-14)28-12-15-16(13-28)21(15)26-22(29)25-18-3-1-2-4-20(18)27-7-9-30-10-8-27/h1-6,11,15-16,21H,7-10,12-13H2,(H2,25,26,29)/t15-,16+,21+. The van der Waals surface area contributed by atoms with Crippen LogP contribution in [0.5, 0.6) is 0 Å². The highest BCUT2D eigenvalue weighted by atomic mass is 19.1. The van der Waals surface area contributed by atoms with Crippen LogP contribution in [-0.4, -0.2) is 51.5 Å². The van der Waals surface area contributed by atoms with E-state index in [1.54, 1.807) is 0 Å². The van der Waals surface area contributed by atoms with Gasteiger partial charge in [0.05, 0.1) is 30.3 Å². The van der Waals surface area contributed by atoms with Crippen molar-refractivity contribution in [2.24, 2.45) is 11.8 Å². The molecule has 2 saturated heterocycles. The third-order valence-corrected chi connectivity index (χ3v) is 6.25. The summed E-state index contributed by atoms with van der Waals surface area (Å²) in [5, 5.41) is 6.04. The largest absolute Gasteiger partial charge is 0.378 e. The molecule has 5 rings (SSSR count). The van der Waals surface area contributed by atoms with Gasteiger partial charge in [-0.3, -0.25) is 0 Å². The topological polar surface area (TPSA) is 56.8 Å². The Morgan fingerprint density at radius 2 is 1.70 bits per heavy atom. The number of benzene rings is 2. The van der Waals surface area contributed by atoms with E-state index in [1.165, 1.54) is 12.1 Å². The normalized spacial score (nSPS) is 25.1. The fourth-order valence-electron chi connectivity index (χ4n) is 4.64. The van der Waals surface area contributed by atoms with E-state index in [9.17, 15) is 13.6 Å². The fraction of sp³-hybridized carbons (Fsp3) is 0.409. The number of hydrogen-bond donors (Lipinski definition) is 2. The first kappa shape index (κ1) is 19.1. The van der Waals surface area contributed by atoms with Crippen LogP contribution >= 0.6 is 0 Å². The molecule has 30 heavy (non-hydrogen) atoms. The van der Waals surface area contributed by atoms with Crippen LogP contribution in [0.3, 0.4) is 0 Å². The molecule has 0 unspecified atom stereocenters. The van der Waals surface area contributed by atoms with E-state index in [0.29, 0.717) is 32.0 Å². The smallest absolute Gasteiger partial charge is 0.319 e. The highest BCUT2D eigenvalue weighted by molar-refractivity contribution is 5.93. The number of amides is 2. The minimum atomic E-state index is -0.575. The second-order valence-electron chi connectivity index (χ2n) is 8.07. The van der Waals surface area contributed by atoms with Crippen LogP contribution in [-0.2, 0) is 4.74 Å². The van der Waals surface area contributed by atoms with Crippen molar-refractivity contribution in [2.75, 3.05) is 54.5 Å². The van der Waals surface area contributed by atoms with E-state index in [0.717, 1.165) is 30.5 Å². The Hall–Kier alpha value is -2.87. The molecule has 3 aliphatic rings. The highest BCUT2D eigenvalue weighted by Gasteiger charge is 2.56. The van der Waals surface area contributed by atoms with Crippen molar-refractivity contribution < 1.29 is 18.3 Å². The number of nitrogens with zero attached hydrogens (tertiary/aromatic N) is 2. The van der Waals surface area contributed by atoms with Crippen molar-refractivity contribution in [3.8, 4) is 0 Å². The van der Waals surface area contributed by atoms with E-state index in [1.807, 2.05) is 29.2 Å². The summed E-state index contributed by atoms with van der Waals surface area (Å²) >= 11 is 0. The zero-order chi connectivity index (χ0) is 20.7. The maximum atomic E-state index is 14.0. The number of morpholine rings is 1. The number of halogens is 2. The Morgan fingerprint density at radius 1 is 0.967 bits per heavy atom. The average Bonchev–Trinajstić information content (AvgIpc) is 3.17. The van der Waals surface area contributed by atoms with E-state index in [2.05, 4.69) is 15.5 Å². The summed E-state index contributed by atoms with van der Waals surface area (Å²) < 4.78 is 32.6. The van der Waals surface area contributed by atoms with Crippen molar-refractivity contribution in [1.82, 2.24) is 5.32 Å². The number of para-hydroxylation sites is 2. The molecule has 6 nitrogen and oxygen atoms in total. The lowest BCUT2D eigenvalue weighted by Crippen LogP contribution is -2.39. The summed E-state index contributed by atoms with van der Waals surface area (Å²) in [4.78, 5) is 16.7. The van der Waals surface area contributed by atoms with Gasteiger partial charge < -0.3 is 25.2 Å². The summed E-state index contributed by atoms with van der Waals surface area (Å²) in [5.74, 6) is -0.545. The van der Waals surface area contributed by atoms with Crippen molar-refractivity contribution >= 4 is 23.1 Å². The van der Waals surface area contributed by atoms with Gasteiger partial charge in [-0.25, -0.2) is 13.6 Å². The van der Waals surface area contributed by atoms with Crippen LogP contribution in [0.2, 0.25) is 0 Å². The summed E-state index contributed by atoms with van der Waals surface area (Å²) in [6.45, 7) is 4.25. The molecule has 2 N–H and O–H groups in total. The molecule has 1 aliphatic carbocycles. The number of carbonyl (C=O) groups is 1. The third kappa shape index (κ3) is 3.67. The van der Waals surface area contributed by atoms with Gasteiger partial charge in [0.2, 0.25) is 0 Å². The van der Waals surface area contributed by atoms with Crippen LogP contribution < -0.4 is 20.4 Å². The summed E-state index contributed by atoms with van der Waals surface area (Å²) in [6.07, 6.45) is 0.